The van der Waals surface area contributed by atoms with Gasteiger partial charge in [0.1, 0.15) is 17.8 Å². The largest absolute Gasteiger partial charge is 0.406 e. The number of rotatable bonds is 7. The highest BCUT2D eigenvalue weighted by molar-refractivity contribution is 6.74. The van der Waals surface area contributed by atoms with Gasteiger partial charge >= 0.3 is 0 Å². The van der Waals surface area contributed by atoms with Crippen molar-refractivity contribution in [2.45, 2.75) is 88.7 Å². The standard InChI is InChI=1S/C32H37ClF2N8OSi/c1-31(2,3)45(4,5)44-32(12-13-32)25-17-20(10-14-36-25)28-29(35)39-30(38-28)24-8-6-21-16-19(11-15-42(21)24)26-23(43-18-37-40-41-43)9-7-22(33)27(26)34/h7,9-11,14,17-18,21,24H,6,8,12-13,15-16H2,1-5H3,(H,38,39)/t21-,24?/m1/s1. The van der Waals surface area contributed by atoms with Crippen LogP contribution in [-0.2, 0) is 10.0 Å². The fraction of sp³-hybridized carbons (Fsp3) is 0.469. The van der Waals surface area contributed by atoms with Crippen LogP contribution in [0.15, 0.2) is 42.9 Å². The van der Waals surface area contributed by atoms with Crippen molar-refractivity contribution in [1.29, 1.82) is 0 Å². The molecule has 3 aliphatic rings. The van der Waals surface area contributed by atoms with Crippen molar-refractivity contribution in [1.82, 2.24) is 40.1 Å². The molecule has 3 aromatic heterocycles. The van der Waals surface area contributed by atoms with Crippen molar-refractivity contribution in [2.24, 2.45) is 0 Å². The fourth-order valence-electron chi connectivity index (χ4n) is 6.51. The van der Waals surface area contributed by atoms with Gasteiger partial charge in [0.05, 0.1) is 28.0 Å². The van der Waals surface area contributed by atoms with Crippen LogP contribution in [0.2, 0.25) is 23.2 Å². The summed E-state index contributed by atoms with van der Waals surface area (Å²) in [5, 5.41) is 11.5. The second kappa shape index (κ2) is 10.9. The predicted octanol–water partition coefficient (Wildman–Crippen LogP) is 7.38. The summed E-state index contributed by atoms with van der Waals surface area (Å²) in [4.78, 5) is 14.7. The fourth-order valence-corrected chi connectivity index (χ4v) is 8.26. The minimum Gasteiger partial charge on any atom is -0.406 e. The summed E-state index contributed by atoms with van der Waals surface area (Å²) < 4.78 is 39.2. The first kappa shape index (κ1) is 30.3. The highest BCUT2D eigenvalue weighted by atomic mass is 35.5. The minimum absolute atomic E-state index is 0.0477. The van der Waals surface area contributed by atoms with E-state index in [2.05, 4.69) is 69.2 Å². The lowest BCUT2D eigenvalue weighted by atomic mass is 9.92. The van der Waals surface area contributed by atoms with E-state index in [-0.39, 0.29) is 22.1 Å². The first-order valence-corrected chi connectivity index (χ1v) is 18.7. The van der Waals surface area contributed by atoms with Gasteiger partial charge in [-0.3, -0.25) is 9.88 Å². The molecule has 45 heavy (non-hydrogen) atoms. The van der Waals surface area contributed by atoms with Gasteiger partial charge in [0.25, 0.3) is 0 Å². The van der Waals surface area contributed by atoms with Gasteiger partial charge in [0, 0.05) is 29.9 Å². The summed E-state index contributed by atoms with van der Waals surface area (Å²) in [5.41, 5.74) is 3.32. The molecule has 1 aromatic carbocycles. The number of benzene rings is 1. The zero-order chi connectivity index (χ0) is 31.7. The lowest BCUT2D eigenvalue weighted by molar-refractivity contribution is 0.154. The van der Waals surface area contributed by atoms with Gasteiger partial charge in [-0.25, -0.2) is 9.37 Å². The van der Waals surface area contributed by atoms with Crippen molar-refractivity contribution in [3.63, 3.8) is 0 Å². The molecule has 7 rings (SSSR count). The van der Waals surface area contributed by atoms with Gasteiger partial charge in [-0.15, -0.1) is 5.10 Å². The first-order valence-electron chi connectivity index (χ1n) is 15.5. The molecule has 1 aliphatic carbocycles. The number of aromatic nitrogens is 7. The van der Waals surface area contributed by atoms with E-state index in [0.717, 1.165) is 37.0 Å². The maximum Gasteiger partial charge on any atom is 0.238 e. The molecule has 0 amide bonds. The Morgan fingerprint density at radius 3 is 2.64 bits per heavy atom. The molecule has 236 valence electrons. The van der Waals surface area contributed by atoms with E-state index in [4.69, 9.17) is 16.0 Å². The third-order valence-electron chi connectivity index (χ3n) is 10.1. The summed E-state index contributed by atoms with van der Waals surface area (Å²) >= 11 is 6.20. The number of nitrogens with zero attached hydrogens (tertiary/aromatic N) is 7. The van der Waals surface area contributed by atoms with E-state index in [1.165, 1.54) is 17.1 Å². The lowest BCUT2D eigenvalue weighted by Crippen LogP contribution is -2.44. The molecule has 9 nitrogen and oxygen atoms in total. The average molecular weight is 651 g/mol. The molecule has 0 bridgehead atoms. The van der Waals surface area contributed by atoms with E-state index in [1.54, 1.807) is 12.3 Å². The maximum absolute atomic E-state index is 15.5. The van der Waals surface area contributed by atoms with Crippen molar-refractivity contribution < 1.29 is 13.2 Å². The van der Waals surface area contributed by atoms with Gasteiger partial charge in [-0.2, -0.15) is 9.07 Å². The zero-order valence-corrected chi connectivity index (χ0v) is 27.9. The third kappa shape index (κ3) is 5.35. The third-order valence-corrected chi connectivity index (χ3v) is 14.9. The molecule has 2 fully saturated rings. The zero-order valence-electron chi connectivity index (χ0n) is 26.1. The van der Waals surface area contributed by atoms with E-state index >= 15 is 8.78 Å². The van der Waals surface area contributed by atoms with E-state index in [9.17, 15) is 0 Å². The van der Waals surface area contributed by atoms with Gasteiger partial charge < -0.3 is 9.41 Å². The van der Waals surface area contributed by atoms with E-state index in [1.807, 2.05) is 18.2 Å². The van der Waals surface area contributed by atoms with Crippen molar-refractivity contribution >= 4 is 25.5 Å². The molecule has 2 aliphatic heterocycles. The molecular formula is C32H37ClF2N8OSi. The molecular weight excluding hydrogens is 614 g/mol. The topological polar surface area (TPSA) is 97.6 Å². The van der Waals surface area contributed by atoms with Crippen LogP contribution >= 0.6 is 11.6 Å². The van der Waals surface area contributed by atoms with Crippen molar-refractivity contribution in [2.75, 3.05) is 6.54 Å². The van der Waals surface area contributed by atoms with Gasteiger partial charge in [0.2, 0.25) is 5.95 Å². The van der Waals surface area contributed by atoms with Crippen LogP contribution in [0.3, 0.4) is 0 Å². The quantitative estimate of drug-likeness (QED) is 0.208. The molecule has 2 atom stereocenters. The number of H-pyrrole nitrogens is 1. The Morgan fingerprint density at radius 1 is 1.13 bits per heavy atom. The van der Waals surface area contributed by atoms with Crippen LogP contribution < -0.4 is 0 Å². The van der Waals surface area contributed by atoms with E-state index in [0.29, 0.717) is 41.3 Å². The number of imidazole rings is 1. The average Bonchev–Trinajstić information content (AvgIpc) is 3.35. The molecule has 4 aromatic rings. The number of halogens is 3. The number of hydrogen-bond donors (Lipinski definition) is 1. The van der Waals surface area contributed by atoms with Crippen LogP contribution in [0.1, 0.15) is 76.0 Å². The highest BCUT2D eigenvalue weighted by Gasteiger charge is 2.53. The Bertz CT molecular complexity index is 1780. The Labute approximate surface area is 267 Å². The first-order chi connectivity index (χ1) is 21.4. The summed E-state index contributed by atoms with van der Waals surface area (Å²) in [5.74, 6) is -0.417. The maximum atomic E-state index is 15.5. The molecule has 5 heterocycles. The number of tetrazole rings is 1. The summed E-state index contributed by atoms with van der Waals surface area (Å²) in [6.45, 7) is 11.8. The summed E-state index contributed by atoms with van der Waals surface area (Å²) in [6.07, 6.45) is 9.31. The van der Waals surface area contributed by atoms with Crippen molar-refractivity contribution in [3.8, 4) is 16.9 Å². The van der Waals surface area contributed by atoms with Crippen LogP contribution in [0.25, 0.3) is 22.5 Å². The molecule has 0 radical (unpaired) electrons. The minimum atomic E-state index is -2.03. The normalized spacial score (nSPS) is 21.6. The van der Waals surface area contributed by atoms with E-state index < -0.39 is 25.7 Å². The Morgan fingerprint density at radius 2 is 1.93 bits per heavy atom. The Kier molecular flexibility index (Phi) is 7.34. The Hall–Kier alpha value is -3.32. The number of hydrogen-bond acceptors (Lipinski definition) is 7. The summed E-state index contributed by atoms with van der Waals surface area (Å²) in [6, 6.07) is 7.07. The number of nitrogens with one attached hydrogen (secondary N) is 1. The number of fused-ring (bicyclic) bond motifs is 1. The van der Waals surface area contributed by atoms with Crippen LogP contribution in [0.4, 0.5) is 8.78 Å². The summed E-state index contributed by atoms with van der Waals surface area (Å²) in [7, 11) is -2.03. The monoisotopic (exact) mass is 650 g/mol. The molecule has 1 unspecified atom stereocenters. The van der Waals surface area contributed by atoms with Gasteiger partial charge in [-0.05, 0) is 90.5 Å². The van der Waals surface area contributed by atoms with Crippen LogP contribution in [0, 0.1) is 11.8 Å². The molecule has 1 saturated heterocycles. The lowest BCUT2D eigenvalue weighted by Gasteiger charge is -2.39. The highest BCUT2D eigenvalue weighted by Crippen LogP contribution is 2.54. The SMILES string of the molecule is CC(C)(C)[Si](C)(C)OC1(c2cc(-c3[nH]c(C4CC[C@@H]5CC(c6c(-n7cnnn7)ccc(Cl)c6F)=CCN45)nc3F)ccn2)CC1. The van der Waals surface area contributed by atoms with Gasteiger partial charge in [0.15, 0.2) is 14.1 Å². The smallest absolute Gasteiger partial charge is 0.238 e. The van der Waals surface area contributed by atoms with Gasteiger partial charge in [-0.1, -0.05) is 38.4 Å². The molecule has 0 spiro atoms. The molecule has 13 heteroatoms. The predicted molar refractivity (Wildman–Crippen MR) is 170 cm³/mol. The number of pyridine rings is 1. The van der Waals surface area contributed by atoms with Crippen LogP contribution in [0.5, 0.6) is 0 Å². The molecule has 1 saturated carbocycles. The second-order valence-corrected chi connectivity index (χ2v) is 19.1. The second-order valence-electron chi connectivity index (χ2n) is 14.0. The number of aromatic amines is 1. The Balaban J connectivity index is 1.14. The molecule has 1 N–H and O–H groups in total. The van der Waals surface area contributed by atoms with Crippen LogP contribution in [-0.4, -0.2) is 61.0 Å². The van der Waals surface area contributed by atoms with Crippen molar-refractivity contribution in [3.05, 3.63) is 76.7 Å².